The summed E-state index contributed by atoms with van der Waals surface area (Å²) < 4.78 is 32.6. The number of phenolic OH excluding ortho intramolecular Hbond substituents is 1. The molecule has 0 aliphatic carbocycles. The Hall–Kier alpha value is -1.82. The van der Waals surface area contributed by atoms with E-state index in [2.05, 4.69) is 21.2 Å². The lowest BCUT2D eigenvalue weighted by molar-refractivity contribution is 0.373. The van der Waals surface area contributed by atoms with E-state index >= 15 is 0 Å². The molecule has 3 nitrogen and oxygen atoms in total. The fourth-order valence-electron chi connectivity index (χ4n) is 1.73. The van der Waals surface area contributed by atoms with Gasteiger partial charge < -0.3 is 15.2 Å². The van der Waals surface area contributed by atoms with Crippen molar-refractivity contribution in [2.24, 2.45) is 0 Å². The first-order valence-corrected chi connectivity index (χ1v) is 6.55. The van der Waals surface area contributed by atoms with Crippen LogP contribution in [0, 0.1) is 11.6 Å². The zero-order chi connectivity index (χ0) is 14.7. The molecule has 2 aromatic rings. The third-order valence-electron chi connectivity index (χ3n) is 2.72. The lowest BCUT2D eigenvalue weighted by atomic mass is 10.2. The smallest absolute Gasteiger partial charge is 0.160 e. The van der Waals surface area contributed by atoms with Crippen LogP contribution in [-0.4, -0.2) is 12.2 Å². The Morgan fingerprint density at radius 1 is 1.20 bits per heavy atom. The highest BCUT2D eigenvalue weighted by molar-refractivity contribution is 9.10. The number of ether oxygens (including phenoxy) is 1. The van der Waals surface area contributed by atoms with E-state index in [4.69, 9.17) is 4.74 Å². The van der Waals surface area contributed by atoms with Gasteiger partial charge in [0.15, 0.2) is 11.5 Å². The van der Waals surface area contributed by atoms with Gasteiger partial charge in [-0.3, -0.25) is 0 Å². The molecule has 20 heavy (non-hydrogen) atoms. The molecule has 2 rings (SSSR count). The zero-order valence-electron chi connectivity index (χ0n) is 10.6. The van der Waals surface area contributed by atoms with Gasteiger partial charge in [0.2, 0.25) is 0 Å². The van der Waals surface area contributed by atoms with Crippen LogP contribution in [-0.2, 0) is 6.54 Å². The van der Waals surface area contributed by atoms with E-state index in [1.165, 1.54) is 25.3 Å². The number of phenols is 1. The molecule has 0 spiro atoms. The largest absolute Gasteiger partial charge is 0.504 e. The highest BCUT2D eigenvalue weighted by atomic mass is 79.9. The third-order valence-corrected chi connectivity index (χ3v) is 3.18. The number of halogens is 3. The SMILES string of the molecule is COc1cc(CNc2c(F)cc(Br)cc2F)ccc1O. The minimum absolute atomic E-state index is 0.0113. The summed E-state index contributed by atoms with van der Waals surface area (Å²) in [7, 11) is 1.43. The molecule has 0 saturated heterocycles. The predicted octanol–water partition coefficient (Wildman–Crippen LogP) is 4.05. The molecule has 2 N–H and O–H groups in total. The van der Waals surface area contributed by atoms with Gasteiger partial charge in [-0.05, 0) is 29.8 Å². The van der Waals surface area contributed by atoms with Gasteiger partial charge in [0.25, 0.3) is 0 Å². The van der Waals surface area contributed by atoms with Crippen molar-refractivity contribution in [2.75, 3.05) is 12.4 Å². The van der Waals surface area contributed by atoms with E-state index < -0.39 is 11.6 Å². The van der Waals surface area contributed by atoms with Crippen molar-refractivity contribution in [1.29, 1.82) is 0 Å². The second-order valence-corrected chi connectivity index (χ2v) is 5.02. The number of hydrogen-bond acceptors (Lipinski definition) is 3. The number of benzene rings is 2. The van der Waals surface area contributed by atoms with Crippen molar-refractivity contribution in [3.8, 4) is 11.5 Å². The predicted molar refractivity (Wildman–Crippen MR) is 76.0 cm³/mol. The summed E-state index contributed by atoms with van der Waals surface area (Å²) in [5, 5.41) is 12.2. The molecule has 0 unspecified atom stereocenters. The van der Waals surface area contributed by atoms with Gasteiger partial charge in [-0.15, -0.1) is 0 Å². The third kappa shape index (κ3) is 3.19. The van der Waals surface area contributed by atoms with Crippen molar-refractivity contribution in [3.05, 3.63) is 52.0 Å². The molecule has 0 atom stereocenters. The van der Waals surface area contributed by atoms with E-state index in [-0.39, 0.29) is 18.0 Å². The Bertz CT molecular complexity index is 612. The van der Waals surface area contributed by atoms with Crippen LogP contribution in [0.25, 0.3) is 0 Å². The second-order valence-electron chi connectivity index (χ2n) is 4.10. The van der Waals surface area contributed by atoms with E-state index in [9.17, 15) is 13.9 Å². The molecule has 0 aliphatic rings. The maximum atomic E-state index is 13.6. The Balaban J connectivity index is 2.17. The molecule has 0 aromatic heterocycles. The highest BCUT2D eigenvalue weighted by Gasteiger charge is 2.10. The number of aromatic hydroxyl groups is 1. The van der Waals surface area contributed by atoms with Gasteiger partial charge >= 0.3 is 0 Å². The van der Waals surface area contributed by atoms with Crippen LogP contribution >= 0.6 is 15.9 Å². The lowest BCUT2D eigenvalue weighted by Crippen LogP contribution is -2.04. The first-order chi connectivity index (χ1) is 9.51. The van der Waals surface area contributed by atoms with Crippen molar-refractivity contribution in [3.63, 3.8) is 0 Å². The quantitative estimate of drug-likeness (QED) is 0.879. The molecule has 0 amide bonds. The number of nitrogens with one attached hydrogen (secondary N) is 1. The summed E-state index contributed by atoms with van der Waals surface area (Å²) in [6.07, 6.45) is 0. The fraction of sp³-hybridized carbons (Fsp3) is 0.143. The standard InChI is InChI=1S/C14H12BrF2NO2/c1-20-13-4-8(2-3-12(13)19)7-18-14-10(16)5-9(15)6-11(14)17/h2-6,18-19H,7H2,1H3. The number of hydrogen-bond donors (Lipinski definition) is 2. The molecular weight excluding hydrogens is 332 g/mol. The Labute approximate surface area is 123 Å². The molecule has 6 heteroatoms. The fourth-order valence-corrected chi connectivity index (χ4v) is 2.14. The van der Waals surface area contributed by atoms with Crippen LogP contribution in [0.1, 0.15) is 5.56 Å². The summed E-state index contributed by atoms with van der Waals surface area (Å²) in [4.78, 5) is 0. The molecule has 106 valence electrons. The van der Waals surface area contributed by atoms with Crippen LogP contribution in [0.2, 0.25) is 0 Å². The van der Waals surface area contributed by atoms with Crippen LogP contribution in [0.3, 0.4) is 0 Å². The van der Waals surface area contributed by atoms with Crippen LogP contribution in [0.5, 0.6) is 11.5 Å². The van der Waals surface area contributed by atoms with Gasteiger partial charge in [0, 0.05) is 11.0 Å². The van der Waals surface area contributed by atoms with Crippen LogP contribution in [0.15, 0.2) is 34.8 Å². The Kier molecular flexibility index (Phi) is 4.44. The maximum Gasteiger partial charge on any atom is 0.160 e. The molecule has 0 bridgehead atoms. The van der Waals surface area contributed by atoms with Crippen molar-refractivity contribution in [1.82, 2.24) is 0 Å². The van der Waals surface area contributed by atoms with Gasteiger partial charge in [-0.2, -0.15) is 0 Å². The maximum absolute atomic E-state index is 13.6. The topological polar surface area (TPSA) is 41.5 Å². The molecule has 0 aliphatic heterocycles. The average Bonchev–Trinajstić information content (AvgIpc) is 2.39. The first kappa shape index (κ1) is 14.6. The average molecular weight is 344 g/mol. The highest BCUT2D eigenvalue weighted by Crippen LogP contribution is 2.28. The minimum atomic E-state index is -0.678. The molecular formula is C14H12BrF2NO2. The van der Waals surface area contributed by atoms with Crippen molar-refractivity contribution in [2.45, 2.75) is 6.54 Å². The summed E-state index contributed by atoms with van der Waals surface area (Å²) in [6, 6.07) is 7.06. The van der Waals surface area contributed by atoms with E-state index in [0.29, 0.717) is 10.2 Å². The molecule has 0 fully saturated rings. The van der Waals surface area contributed by atoms with Crippen LogP contribution in [0.4, 0.5) is 14.5 Å². The minimum Gasteiger partial charge on any atom is -0.504 e. The Morgan fingerprint density at radius 3 is 2.45 bits per heavy atom. The van der Waals surface area contributed by atoms with Crippen LogP contribution < -0.4 is 10.1 Å². The van der Waals surface area contributed by atoms with E-state index in [0.717, 1.165) is 5.56 Å². The molecule has 0 heterocycles. The Morgan fingerprint density at radius 2 is 1.85 bits per heavy atom. The first-order valence-electron chi connectivity index (χ1n) is 5.75. The lowest BCUT2D eigenvalue weighted by Gasteiger charge is -2.11. The van der Waals surface area contributed by atoms with Crippen molar-refractivity contribution < 1.29 is 18.6 Å². The van der Waals surface area contributed by atoms with E-state index in [1.54, 1.807) is 12.1 Å². The zero-order valence-corrected chi connectivity index (χ0v) is 12.2. The number of methoxy groups -OCH3 is 1. The van der Waals surface area contributed by atoms with Gasteiger partial charge in [-0.25, -0.2) is 8.78 Å². The van der Waals surface area contributed by atoms with Crippen molar-refractivity contribution >= 4 is 21.6 Å². The van der Waals surface area contributed by atoms with E-state index in [1.807, 2.05) is 0 Å². The number of anilines is 1. The van der Waals surface area contributed by atoms with Gasteiger partial charge in [0.1, 0.15) is 17.3 Å². The second kappa shape index (κ2) is 6.09. The van der Waals surface area contributed by atoms with Gasteiger partial charge in [-0.1, -0.05) is 22.0 Å². The summed E-state index contributed by atoms with van der Waals surface area (Å²) in [5.74, 6) is -1.04. The normalized spacial score (nSPS) is 10.4. The summed E-state index contributed by atoms with van der Waals surface area (Å²) in [5.41, 5.74) is 0.529. The molecule has 0 saturated carbocycles. The molecule has 2 aromatic carbocycles. The summed E-state index contributed by atoms with van der Waals surface area (Å²) in [6.45, 7) is 0.201. The van der Waals surface area contributed by atoms with Gasteiger partial charge in [0.05, 0.1) is 7.11 Å². The monoisotopic (exact) mass is 343 g/mol. The summed E-state index contributed by atoms with van der Waals surface area (Å²) >= 11 is 3.02. The number of rotatable bonds is 4. The molecule has 0 radical (unpaired) electrons.